The van der Waals surface area contributed by atoms with Gasteiger partial charge in [0.1, 0.15) is 0 Å². The van der Waals surface area contributed by atoms with Gasteiger partial charge in [0.15, 0.2) is 5.11 Å². The van der Waals surface area contributed by atoms with Crippen LogP contribution in [0.1, 0.15) is 86.7 Å². The van der Waals surface area contributed by atoms with Crippen molar-refractivity contribution < 1.29 is 4.79 Å². The van der Waals surface area contributed by atoms with E-state index in [-0.39, 0.29) is 23.9 Å². The van der Waals surface area contributed by atoms with E-state index >= 15 is 0 Å². The Labute approximate surface area is 235 Å². The van der Waals surface area contributed by atoms with E-state index in [0.29, 0.717) is 21.9 Å². The zero-order valence-corrected chi connectivity index (χ0v) is 24.1. The van der Waals surface area contributed by atoms with Gasteiger partial charge in [-0.15, -0.1) is 0 Å². The van der Waals surface area contributed by atoms with Gasteiger partial charge in [0.05, 0.1) is 28.5 Å². The summed E-state index contributed by atoms with van der Waals surface area (Å²) in [5.41, 5.74) is 6.22. The number of pyridine rings is 1. The van der Waals surface area contributed by atoms with Crippen LogP contribution in [0.3, 0.4) is 0 Å². The van der Waals surface area contributed by atoms with Crippen LogP contribution in [0.2, 0.25) is 5.02 Å². The van der Waals surface area contributed by atoms with Crippen molar-refractivity contribution in [3.05, 3.63) is 76.3 Å². The molecule has 6 nitrogen and oxygen atoms in total. The molecular formula is C30H36ClN5OS. The van der Waals surface area contributed by atoms with E-state index in [9.17, 15) is 4.79 Å². The number of anilines is 2. The number of carbonyl (C=O) groups excluding carboxylic acids is 1. The Hall–Kier alpha value is -2.90. The number of hydrogen-bond donors (Lipinski definition) is 2. The lowest BCUT2D eigenvalue weighted by atomic mass is 9.94. The van der Waals surface area contributed by atoms with Crippen LogP contribution in [0, 0.1) is 19.8 Å². The number of carbonyl (C=O) groups is 1. The number of thiocarbonyl (C=S) groups is 1. The highest BCUT2D eigenvalue weighted by atomic mass is 35.5. The Bertz CT molecular complexity index is 1330. The van der Waals surface area contributed by atoms with Gasteiger partial charge < -0.3 is 20.1 Å². The lowest BCUT2D eigenvalue weighted by Gasteiger charge is -2.30. The van der Waals surface area contributed by atoms with Crippen molar-refractivity contribution >= 4 is 46.2 Å². The van der Waals surface area contributed by atoms with Crippen LogP contribution >= 0.6 is 23.8 Å². The van der Waals surface area contributed by atoms with E-state index < -0.39 is 0 Å². The third kappa shape index (κ3) is 5.06. The van der Waals surface area contributed by atoms with Crippen LogP contribution in [0.15, 0.2) is 48.7 Å². The zero-order chi connectivity index (χ0) is 27.0. The molecule has 1 aliphatic heterocycles. The molecular weight excluding hydrogens is 514 g/mol. The molecule has 1 aromatic carbocycles. The van der Waals surface area contributed by atoms with Gasteiger partial charge in [-0.05, 0) is 80.9 Å². The fourth-order valence-corrected chi connectivity index (χ4v) is 6.55. The molecule has 0 bridgehead atoms. The van der Waals surface area contributed by atoms with Gasteiger partial charge in [-0.2, -0.15) is 0 Å². The average Bonchev–Trinajstić information content (AvgIpc) is 3.41. The summed E-state index contributed by atoms with van der Waals surface area (Å²) < 4.78 is 2.54. The molecule has 0 radical (unpaired) electrons. The average molecular weight is 550 g/mol. The fraction of sp³-hybridized carbons (Fsp3) is 0.433. The number of nitrogens with zero attached hydrogens (tertiary/aromatic N) is 3. The number of hydrogen-bond acceptors (Lipinski definition) is 3. The van der Waals surface area contributed by atoms with E-state index in [1.54, 1.807) is 0 Å². The highest BCUT2D eigenvalue weighted by Crippen LogP contribution is 2.45. The summed E-state index contributed by atoms with van der Waals surface area (Å²) in [4.78, 5) is 19.1. The van der Waals surface area contributed by atoms with Crippen molar-refractivity contribution in [1.29, 1.82) is 0 Å². The molecule has 2 aliphatic rings. The number of aryl methyl sites for hydroxylation is 1. The van der Waals surface area contributed by atoms with Crippen LogP contribution in [-0.4, -0.2) is 20.6 Å². The minimum Gasteiger partial charge on any atom is -0.351 e. The van der Waals surface area contributed by atoms with Gasteiger partial charge in [-0.3, -0.25) is 9.78 Å². The van der Waals surface area contributed by atoms with Gasteiger partial charge in [0, 0.05) is 35.2 Å². The van der Waals surface area contributed by atoms with E-state index in [1.165, 1.54) is 49.1 Å². The predicted molar refractivity (Wildman–Crippen MR) is 159 cm³/mol. The Kier molecular flexibility index (Phi) is 7.78. The van der Waals surface area contributed by atoms with Gasteiger partial charge in [-0.25, -0.2) is 0 Å². The van der Waals surface area contributed by atoms with Gasteiger partial charge in [0.25, 0.3) is 0 Å². The molecule has 1 amide bonds. The molecule has 3 heterocycles. The predicted octanol–water partition coefficient (Wildman–Crippen LogP) is 7.43. The largest absolute Gasteiger partial charge is 0.351 e. The van der Waals surface area contributed by atoms with Crippen molar-refractivity contribution in [2.45, 2.75) is 77.9 Å². The lowest BCUT2D eigenvalue weighted by molar-refractivity contribution is -0.118. The van der Waals surface area contributed by atoms with Crippen LogP contribution in [0.25, 0.3) is 0 Å². The van der Waals surface area contributed by atoms with Gasteiger partial charge in [0.2, 0.25) is 5.91 Å². The first-order valence-electron chi connectivity index (χ1n) is 13.6. The number of benzene rings is 1. The van der Waals surface area contributed by atoms with Crippen molar-refractivity contribution in [3.63, 3.8) is 0 Å². The summed E-state index contributed by atoms with van der Waals surface area (Å²) in [5, 5.41) is 7.58. The summed E-state index contributed by atoms with van der Waals surface area (Å²) in [6, 6.07) is 14.4. The Balaban J connectivity index is 1.58. The first kappa shape index (κ1) is 26.7. The minimum absolute atomic E-state index is 0.0683. The number of halogens is 1. The summed E-state index contributed by atoms with van der Waals surface area (Å²) >= 11 is 12.6. The van der Waals surface area contributed by atoms with Crippen LogP contribution in [0.4, 0.5) is 11.4 Å². The monoisotopic (exact) mass is 549 g/mol. The zero-order valence-electron chi connectivity index (χ0n) is 22.5. The molecule has 38 heavy (non-hydrogen) atoms. The van der Waals surface area contributed by atoms with Crippen LogP contribution in [-0.2, 0) is 4.79 Å². The summed E-state index contributed by atoms with van der Waals surface area (Å²) in [5.74, 6) is -0.203. The molecule has 8 heteroatoms. The van der Waals surface area contributed by atoms with Gasteiger partial charge in [-0.1, -0.05) is 50.8 Å². The van der Waals surface area contributed by atoms with Crippen molar-refractivity contribution in [1.82, 2.24) is 14.9 Å². The fourth-order valence-electron chi connectivity index (χ4n) is 5.98. The molecule has 1 saturated heterocycles. The molecule has 3 aromatic rings. The Morgan fingerprint density at radius 1 is 1.13 bits per heavy atom. The van der Waals surface area contributed by atoms with Crippen molar-refractivity contribution in [2.24, 2.45) is 5.92 Å². The van der Waals surface area contributed by atoms with E-state index in [2.05, 4.69) is 46.1 Å². The lowest BCUT2D eigenvalue weighted by Crippen LogP contribution is -2.29. The van der Waals surface area contributed by atoms with E-state index in [0.717, 1.165) is 11.4 Å². The molecule has 1 aliphatic carbocycles. The first-order valence-corrected chi connectivity index (χ1v) is 14.3. The quantitative estimate of drug-likeness (QED) is 0.313. The second-order valence-corrected chi connectivity index (χ2v) is 11.6. The third-order valence-electron chi connectivity index (χ3n) is 7.89. The maximum Gasteiger partial charge on any atom is 0.226 e. The molecule has 2 atom stereocenters. The summed E-state index contributed by atoms with van der Waals surface area (Å²) in [7, 11) is 0. The number of nitrogens with one attached hydrogen (secondary N) is 2. The molecule has 0 spiro atoms. The third-order valence-corrected chi connectivity index (χ3v) is 8.52. The second-order valence-electron chi connectivity index (χ2n) is 10.8. The smallest absolute Gasteiger partial charge is 0.226 e. The Morgan fingerprint density at radius 2 is 1.89 bits per heavy atom. The standard InChI is InChI=1S/C30H36ClN5OS/c1-18(2)29(37)33-25-14-13-22(17-24(25)31)36-28(27(34-30(36)38)26-12-8-9-15-32-26)23-16-19(3)35(20(23)4)21-10-6-5-7-11-21/h8-9,12-18,21,27-28H,5-7,10-11H2,1-4H3,(H,33,37)(H,34,38). The summed E-state index contributed by atoms with van der Waals surface area (Å²) in [6.45, 7) is 8.18. The first-order chi connectivity index (χ1) is 18.3. The van der Waals surface area contributed by atoms with Crippen molar-refractivity contribution in [2.75, 3.05) is 10.2 Å². The van der Waals surface area contributed by atoms with E-state index in [1.807, 2.05) is 50.4 Å². The number of amides is 1. The number of aromatic nitrogens is 2. The van der Waals surface area contributed by atoms with Crippen LogP contribution < -0.4 is 15.5 Å². The topological polar surface area (TPSA) is 62.2 Å². The molecule has 2 N–H and O–H groups in total. The SMILES string of the molecule is Cc1cc(C2C(c3ccccn3)NC(=S)N2c2ccc(NC(=O)C(C)C)c(Cl)c2)c(C)n1C1CCCCC1. The second kappa shape index (κ2) is 11.1. The van der Waals surface area contributed by atoms with Crippen LogP contribution in [0.5, 0.6) is 0 Å². The molecule has 2 aromatic heterocycles. The highest BCUT2D eigenvalue weighted by molar-refractivity contribution is 7.80. The molecule has 2 fully saturated rings. The maximum atomic E-state index is 12.3. The molecule has 5 rings (SSSR count). The molecule has 2 unspecified atom stereocenters. The molecule has 1 saturated carbocycles. The van der Waals surface area contributed by atoms with Gasteiger partial charge >= 0.3 is 0 Å². The number of rotatable bonds is 6. The maximum absolute atomic E-state index is 12.3. The molecule has 200 valence electrons. The Morgan fingerprint density at radius 3 is 2.55 bits per heavy atom. The van der Waals surface area contributed by atoms with E-state index in [4.69, 9.17) is 28.8 Å². The summed E-state index contributed by atoms with van der Waals surface area (Å²) in [6.07, 6.45) is 8.18. The van der Waals surface area contributed by atoms with Crippen molar-refractivity contribution in [3.8, 4) is 0 Å². The highest BCUT2D eigenvalue weighted by Gasteiger charge is 2.42. The minimum atomic E-state index is -0.135. The normalized spacial score (nSPS) is 20.2.